The number of carbonyl (C=O) groups excluding carboxylic acids is 1. The third-order valence-corrected chi connectivity index (χ3v) is 3.19. The molecule has 0 aliphatic carbocycles. The number of rotatable bonds is 5. The van der Waals surface area contributed by atoms with Gasteiger partial charge in [0.15, 0.2) is 0 Å². The minimum absolute atomic E-state index is 0.198. The first-order chi connectivity index (χ1) is 8.61. The van der Waals surface area contributed by atoms with Gasteiger partial charge in [0.2, 0.25) is 5.91 Å². The summed E-state index contributed by atoms with van der Waals surface area (Å²) in [5.41, 5.74) is 3.24. The summed E-state index contributed by atoms with van der Waals surface area (Å²) in [4.78, 5) is 13.9. The molecule has 0 saturated carbocycles. The molecule has 0 fully saturated rings. The zero-order valence-electron chi connectivity index (χ0n) is 11.3. The van der Waals surface area contributed by atoms with Crippen LogP contribution in [-0.2, 0) is 11.2 Å². The van der Waals surface area contributed by atoms with Gasteiger partial charge in [0.1, 0.15) is 0 Å². The summed E-state index contributed by atoms with van der Waals surface area (Å²) < 4.78 is 0. The van der Waals surface area contributed by atoms with Crippen molar-refractivity contribution >= 4 is 17.3 Å². The Labute approximate surface area is 108 Å². The van der Waals surface area contributed by atoms with Crippen molar-refractivity contribution in [3.05, 3.63) is 23.8 Å². The summed E-state index contributed by atoms with van der Waals surface area (Å²) >= 11 is 0. The van der Waals surface area contributed by atoms with Crippen LogP contribution >= 0.6 is 0 Å². The fourth-order valence-corrected chi connectivity index (χ4v) is 2.25. The quantitative estimate of drug-likeness (QED) is 0.831. The highest BCUT2D eigenvalue weighted by Gasteiger charge is 2.26. The number of amides is 1. The molecule has 0 aromatic heterocycles. The van der Waals surface area contributed by atoms with Crippen molar-refractivity contribution in [2.45, 2.75) is 26.3 Å². The van der Waals surface area contributed by atoms with Crippen molar-refractivity contribution in [3.63, 3.8) is 0 Å². The largest absolute Gasteiger partial charge is 0.388 e. The maximum atomic E-state index is 12.0. The molecule has 0 atom stereocenters. The Morgan fingerprint density at radius 2 is 2.17 bits per heavy atom. The first-order valence-corrected chi connectivity index (χ1v) is 6.46. The Balaban J connectivity index is 2.08. The number of benzene rings is 1. The lowest BCUT2D eigenvalue weighted by Gasteiger charge is -2.19. The third-order valence-electron chi connectivity index (χ3n) is 3.19. The second kappa shape index (κ2) is 5.40. The van der Waals surface area contributed by atoms with Crippen LogP contribution in [-0.4, -0.2) is 32.1 Å². The molecule has 1 aromatic carbocycles. The van der Waals surface area contributed by atoms with E-state index in [1.807, 2.05) is 24.1 Å². The molecule has 0 unspecified atom stereocenters. The van der Waals surface area contributed by atoms with Gasteiger partial charge in [0.05, 0.1) is 6.42 Å². The fraction of sp³-hybridized carbons (Fsp3) is 0.500. The molecule has 1 aliphatic heterocycles. The average molecular weight is 247 g/mol. The molecule has 4 heteroatoms. The minimum atomic E-state index is 0.198. The molecular weight excluding hydrogens is 226 g/mol. The van der Waals surface area contributed by atoms with Gasteiger partial charge in [0, 0.05) is 37.6 Å². The van der Waals surface area contributed by atoms with Crippen LogP contribution in [0.4, 0.5) is 11.4 Å². The molecule has 1 aliphatic rings. The standard InChI is InChI=1S/C14H21N3O/c1-10(2)16-6-7-17-13-5-4-12(15-3)8-11(13)9-14(17)18/h4-5,8,10,15-16H,6-7,9H2,1-3H3. The Bertz CT molecular complexity index is 443. The summed E-state index contributed by atoms with van der Waals surface area (Å²) in [6, 6.07) is 6.55. The summed E-state index contributed by atoms with van der Waals surface area (Å²) in [7, 11) is 1.89. The van der Waals surface area contributed by atoms with E-state index in [0.29, 0.717) is 12.5 Å². The lowest BCUT2D eigenvalue weighted by atomic mass is 10.1. The highest BCUT2D eigenvalue weighted by molar-refractivity contribution is 6.01. The number of fused-ring (bicyclic) bond motifs is 1. The normalized spacial score (nSPS) is 14.2. The van der Waals surface area contributed by atoms with Gasteiger partial charge < -0.3 is 15.5 Å². The Morgan fingerprint density at radius 1 is 1.39 bits per heavy atom. The molecule has 1 aromatic rings. The van der Waals surface area contributed by atoms with E-state index < -0.39 is 0 Å². The molecule has 1 amide bonds. The lowest BCUT2D eigenvalue weighted by molar-refractivity contribution is -0.117. The molecule has 2 rings (SSSR count). The van der Waals surface area contributed by atoms with Gasteiger partial charge in [-0.15, -0.1) is 0 Å². The number of nitrogens with zero attached hydrogens (tertiary/aromatic N) is 1. The second-order valence-corrected chi connectivity index (χ2v) is 4.92. The van der Waals surface area contributed by atoms with Crippen molar-refractivity contribution in [1.29, 1.82) is 0 Å². The van der Waals surface area contributed by atoms with Gasteiger partial charge in [-0.05, 0) is 23.8 Å². The highest BCUT2D eigenvalue weighted by atomic mass is 16.2. The van der Waals surface area contributed by atoms with Gasteiger partial charge in [-0.25, -0.2) is 0 Å². The number of carbonyl (C=O) groups is 1. The van der Waals surface area contributed by atoms with E-state index in [2.05, 4.69) is 30.5 Å². The summed E-state index contributed by atoms with van der Waals surface area (Å²) in [6.07, 6.45) is 0.520. The van der Waals surface area contributed by atoms with E-state index in [-0.39, 0.29) is 5.91 Å². The predicted octanol–water partition coefficient (Wildman–Crippen LogP) is 1.62. The molecule has 0 saturated heterocycles. The van der Waals surface area contributed by atoms with Crippen LogP contribution in [0.5, 0.6) is 0 Å². The minimum Gasteiger partial charge on any atom is -0.388 e. The van der Waals surface area contributed by atoms with E-state index in [1.165, 1.54) is 0 Å². The predicted molar refractivity (Wildman–Crippen MR) is 75.2 cm³/mol. The summed E-state index contributed by atoms with van der Waals surface area (Å²) in [6.45, 7) is 5.79. The maximum absolute atomic E-state index is 12.0. The van der Waals surface area contributed by atoms with Gasteiger partial charge in [-0.3, -0.25) is 4.79 Å². The van der Waals surface area contributed by atoms with Crippen LogP contribution in [0.1, 0.15) is 19.4 Å². The topological polar surface area (TPSA) is 44.4 Å². The molecule has 2 N–H and O–H groups in total. The van der Waals surface area contributed by atoms with Crippen molar-refractivity contribution in [2.24, 2.45) is 0 Å². The van der Waals surface area contributed by atoms with Crippen LogP contribution in [0.3, 0.4) is 0 Å². The molecule has 0 bridgehead atoms. The Hall–Kier alpha value is -1.55. The van der Waals surface area contributed by atoms with E-state index in [9.17, 15) is 4.79 Å². The molecule has 98 valence electrons. The number of hydrogen-bond acceptors (Lipinski definition) is 3. The van der Waals surface area contributed by atoms with Crippen molar-refractivity contribution in [3.8, 4) is 0 Å². The Morgan fingerprint density at radius 3 is 2.83 bits per heavy atom. The van der Waals surface area contributed by atoms with E-state index in [4.69, 9.17) is 0 Å². The van der Waals surface area contributed by atoms with E-state index in [1.54, 1.807) is 0 Å². The fourth-order valence-electron chi connectivity index (χ4n) is 2.25. The monoisotopic (exact) mass is 247 g/mol. The van der Waals surface area contributed by atoms with Crippen LogP contribution in [0, 0.1) is 0 Å². The van der Waals surface area contributed by atoms with Crippen LogP contribution in [0.15, 0.2) is 18.2 Å². The molecule has 18 heavy (non-hydrogen) atoms. The maximum Gasteiger partial charge on any atom is 0.231 e. The highest BCUT2D eigenvalue weighted by Crippen LogP contribution is 2.30. The number of hydrogen-bond donors (Lipinski definition) is 2. The van der Waals surface area contributed by atoms with Gasteiger partial charge >= 0.3 is 0 Å². The smallest absolute Gasteiger partial charge is 0.231 e. The van der Waals surface area contributed by atoms with Crippen molar-refractivity contribution < 1.29 is 4.79 Å². The number of nitrogens with one attached hydrogen (secondary N) is 2. The van der Waals surface area contributed by atoms with Crippen molar-refractivity contribution in [1.82, 2.24) is 5.32 Å². The molecular formula is C14H21N3O. The van der Waals surface area contributed by atoms with E-state index >= 15 is 0 Å². The van der Waals surface area contributed by atoms with E-state index in [0.717, 1.165) is 30.0 Å². The van der Waals surface area contributed by atoms with Gasteiger partial charge in [-0.1, -0.05) is 13.8 Å². The first-order valence-electron chi connectivity index (χ1n) is 6.46. The van der Waals surface area contributed by atoms with Crippen LogP contribution < -0.4 is 15.5 Å². The molecule has 4 nitrogen and oxygen atoms in total. The summed E-state index contributed by atoms with van der Waals surface area (Å²) in [5, 5.41) is 6.44. The van der Waals surface area contributed by atoms with Gasteiger partial charge in [0.25, 0.3) is 0 Å². The van der Waals surface area contributed by atoms with Gasteiger partial charge in [-0.2, -0.15) is 0 Å². The molecule has 0 radical (unpaired) electrons. The average Bonchev–Trinajstić information content (AvgIpc) is 2.64. The molecule has 1 heterocycles. The number of anilines is 2. The van der Waals surface area contributed by atoms with Crippen LogP contribution in [0.2, 0.25) is 0 Å². The summed E-state index contributed by atoms with van der Waals surface area (Å²) in [5.74, 6) is 0.198. The zero-order chi connectivity index (χ0) is 13.1. The third kappa shape index (κ3) is 2.64. The SMILES string of the molecule is CNc1ccc2c(c1)CC(=O)N2CCNC(C)C. The zero-order valence-corrected chi connectivity index (χ0v) is 11.3. The Kier molecular flexibility index (Phi) is 3.87. The second-order valence-electron chi connectivity index (χ2n) is 4.92. The molecule has 0 spiro atoms. The van der Waals surface area contributed by atoms with Crippen molar-refractivity contribution in [2.75, 3.05) is 30.4 Å². The van der Waals surface area contributed by atoms with Crippen LogP contribution in [0.25, 0.3) is 0 Å². The first kappa shape index (κ1) is 12.9. The lowest BCUT2D eigenvalue weighted by Crippen LogP contribution is -2.36.